The first-order valence-electron chi connectivity index (χ1n) is 10.4. The number of likely N-dealkylation sites (tertiary alicyclic amines) is 1. The van der Waals surface area contributed by atoms with Gasteiger partial charge in [0.25, 0.3) is 5.91 Å². The Balaban J connectivity index is 1.64. The minimum Gasteiger partial charge on any atom is -0.488 e. The summed E-state index contributed by atoms with van der Waals surface area (Å²) >= 11 is 0. The van der Waals surface area contributed by atoms with Crippen LogP contribution < -0.4 is 20.7 Å². The predicted octanol–water partition coefficient (Wildman–Crippen LogP) is 0.960. The van der Waals surface area contributed by atoms with Crippen molar-refractivity contribution in [1.29, 1.82) is 0 Å². The van der Waals surface area contributed by atoms with Crippen molar-refractivity contribution in [2.75, 3.05) is 45.2 Å². The maximum absolute atomic E-state index is 12.8. The molecule has 164 valence electrons. The molecule has 1 amide bonds. The summed E-state index contributed by atoms with van der Waals surface area (Å²) in [5.74, 6) is 1.21. The molecule has 0 unspecified atom stereocenters. The van der Waals surface area contributed by atoms with Crippen LogP contribution in [0.25, 0.3) is 0 Å². The number of carbonyl (C=O) groups is 2. The van der Waals surface area contributed by atoms with Gasteiger partial charge in [0, 0.05) is 51.3 Å². The van der Waals surface area contributed by atoms with Gasteiger partial charge < -0.3 is 14.5 Å². The number of ether oxygens (including phenoxy) is 1. The molecule has 2 aliphatic rings. The van der Waals surface area contributed by atoms with Gasteiger partial charge in [-0.05, 0) is 31.4 Å². The van der Waals surface area contributed by atoms with E-state index in [1.54, 1.807) is 29.5 Å². The number of piperidine rings is 1. The lowest BCUT2D eigenvalue weighted by atomic mass is 10.1. The molecular weight excluding hydrogens is 398 g/mol. The zero-order valence-electron chi connectivity index (χ0n) is 17.8. The second-order valence-corrected chi connectivity index (χ2v) is 7.76. The van der Waals surface area contributed by atoms with Crippen LogP contribution in [0, 0.1) is 0 Å². The molecule has 0 aromatic carbocycles. The Morgan fingerprint density at radius 1 is 1.23 bits per heavy atom. The number of fused-ring (bicyclic) bond motifs is 1. The number of nitrogens with zero attached hydrogens (tertiary/aromatic N) is 6. The van der Waals surface area contributed by atoms with Crippen LogP contribution in [0.15, 0.2) is 35.7 Å². The van der Waals surface area contributed by atoms with Gasteiger partial charge in [0.2, 0.25) is 6.41 Å². The number of rotatable bonds is 5. The summed E-state index contributed by atoms with van der Waals surface area (Å²) in [6, 6.07) is 5.40. The Hall–Kier alpha value is -3.40. The predicted molar refractivity (Wildman–Crippen MR) is 115 cm³/mol. The zero-order chi connectivity index (χ0) is 21.8. The first-order valence-corrected chi connectivity index (χ1v) is 10.4. The first-order chi connectivity index (χ1) is 15.1. The third-order valence-electron chi connectivity index (χ3n) is 5.29. The number of hydrogen-bond donors (Lipinski definition) is 1. The molecule has 31 heavy (non-hydrogen) atoms. The summed E-state index contributed by atoms with van der Waals surface area (Å²) in [5.41, 5.74) is 4.63. The van der Waals surface area contributed by atoms with Gasteiger partial charge >= 0.3 is 0 Å². The Kier molecular flexibility index (Phi) is 6.17. The average Bonchev–Trinajstić information content (AvgIpc) is 2.81. The van der Waals surface area contributed by atoms with Crippen molar-refractivity contribution >= 4 is 23.8 Å². The van der Waals surface area contributed by atoms with Crippen LogP contribution in [0.5, 0.6) is 5.75 Å². The van der Waals surface area contributed by atoms with Gasteiger partial charge in [-0.1, -0.05) is 0 Å². The molecule has 2 aliphatic heterocycles. The third-order valence-corrected chi connectivity index (χ3v) is 5.29. The van der Waals surface area contributed by atoms with Crippen LogP contribution >= 0.6 is 0 Å². The van der Waals surface area contributed by atoms with E-state index in [0.29, 0.717) is 42.2 Å². The van der Waals surface area contributed by atoms with E-state index in [0.717, 1.165) is 31.6 Å². The Bertz CT molecular complexity index is 1030. The second-order valence-electron chi connectivity index (χ2n) is 7.76. The first kappa shape index (κ1) is 20.9. The van der Waals surface area contributed by atoms with Crippen molar-refractivity contribution in [2.45, 2.75) is 19.3 Å². The maximum Gasteiger partial charge on any atom is 0.255 e. The van der Waals surface area contributed by atoms with Crippen LogP contribution in [0.2, 0.25) is 0 Å². The van der Waals surface area contributed by atoms with Crippen molar-refractivity contribution in [2.24, 2.45) is 5.10 Å². The van der Waals surface area contributed by atoms with Crippen LogP contribution in [-0.2, 0) is 4.79 Å². The van der Waals surface area contributed by atoms with E-state index >= 15 is 0 Å². The molecule has 1 fully saturated rings. The standard InChI is InChI=1S/C21H27N7O3/c1-25(2)24-23-19-13-17(6-9-27(19)15-29)28-10-11-31-18-12-16(14-22-20(18)28)21(30)26-7-4-3-5-8-26/h6,9,12-15,24H,3-5,7-8,10-11H2,1-2H3/b23-19-. The molecular formula is C21H27N7O3. The van der Waals surface area contributed by atoms with Gasteiger partial charge in [-0.2, -0.15) is 0 Å². The Morgan fingerprint density at radius 2 is 2.03 bits per heavy atom. The number of pyridine rings is 2. The molecule has 4 heterocycles. The van der Waals surface area contributed by atoms with Gasteiger partial charge in [0.1, 0.15) is 6.61 Å². The molecule has 1 saturated heterocycles. The lowest BCUT2D eigenvalue weighted by Crippen LogP contribution is -2.36. The van der Waals surface area contributed by atoms with Crippen LogP contribution in [0.3, 0.4) is 0 Å². The van der Waals surface area contributed by atoms with Crippen LogP contribution in [-0.4, -0.2) is 72.1 Å². The van der Waals surface area contributed by atoms with Crippen LogP contribution in [0.1, 0.15) is 29.6 Å². The summed E-state index contributed by atoms with van der Waals surface area (Å²) in [7, 11) is 3.62. The highest BCUT2D eigenvalue weighted by Gasteiger charge is 2.25. The minimum atomic E-state index is -0.00157. The van der Waals surface area contributed by atoms with Gasteiger partial charge in [0.15, 0.2) is 17.1 Å². The summed E-state index contributed by atoms with van der Waals surface area (Å²) in [6.07, 6.45) is 7.22. The Morgan fingerprint density at radius 3 is 2.77 bits per heavy atom. The average molecular weight is 425 g/mol. The number of carbonyl (C=O) groups excluding carboxylic acids is 2. The fraction of sp³-hybridized carbons (Fsp3) is 0.429. The molecule has 0 bridgehead atoms. The van der Waals surface area contributed by atoms with E-state index in [1.807, 2.05) is 30.0 Å². The summed E-state index contributed by atoms with van der Waals surface area (Å²) in [6.45, 7) is 2.62. The largest absolute Gasteiger partial charge is 0.488 e. The summed E-state index contributed by atoms with van der Waals surface area (Å²) in [5, 5.41) is 5.93. The highest BCUT2D eigenvalue weighted by Crippen LogP contribution is 2.35. The van der Waals surface area contributed by atoms with Gasteiger partial charge in [0.05, 0.1) is 12.1 Å². The molecule has 1 N–H and O–H groups in total. The number of aromatic nitrogens is 2. The van der Waals surface area contributed by atoms with Crippen molar-refractivity contribution in [3.05, 3.63) is 41.6 Å². The molecule has 2 aromatic heterocycles. The summed E-state index contributed by atoms with van der Waals surface area (Å²) < 4.78 is 7.21. The minimum absolute atomic E-state index is 0.00157. The topological polar surface area (TPSA) is 95.3 Å². The van der Waals surface area contributed by atoms with E-state index in [4.69, 9.17) is 4.74 Å². The number of hydrazine groups is 1. The molecule has 0 saturated carbocycles. The molecule has 0 radical (unpaired) electrons. The van der Waals surface area contributed by atoms with E-state index in [2.05, 4.69) is 15.6 Å². The van der Waals surface area contributed by atoms with E-state index in [-0.39, 0.29) is 5.91 Å². The monoisotopic (exact) mass is 425 g/mol. The third kappa shape index (κ3) is 4.53. The molecule has 10 heteroatoms. The molecule has 2 aromatic rings. The molecule has 0 spiro atoms. The van der Waals surface area contributed by atoms with Gasteiger partial charge in [-0.25, -0.2) is 15.5 Å². The lowest BCUT2D eigenvalue weighted by Gasteiger charge is -2.31. The molecule has 0 aliphatic carbocycles. The number of amides is 1. The SMILES string of the molecule is CN(C)N/N=c1/cc(N2CCOc3cc(C(=O)N4CCCCC4)cnc32)ccn1C=O. The zero-order valence-corrected chi connectivity index (χ0v) is 17.8. The molecule has 4 rings (SSSR count). The van der Waals surface area contributed by atoms with Crippen molar-refractivity contribution in [3.63, 3.8) is 0 Å². The quantitative estimate of drug-likeness (QED) is 0.563. The fourth-order valence-electron chi connectivity index (χ4n) is 3.73. The summed E-state index contributed by atoms with van der Waals surface area (Å²) in [4.78, 5) is 32.6. The van der Waals surface area contributed by atoms with Gasteiger partial charge in [-0.3, -0.25) is 14.2 Å². The van der Waals surface area contributed by atoms with Crippen LogP contribution in [0.4, 0.5) is 11.5 Å². The maximum atomic E-state index is 12.8. The normalized spacial score (nSPS) is 16.7. The van der Waals surface area contributed by atoms with E-state index < -0.39 is 0 Å². The Labute approximate surface area is 180 Å². The van der Waals surface area contributed by atoms with E-state index in [1.165, 1.54) is 11.0 Å². The number of hydrogen-bond acceptors (Lipinski definition) is 8. The van der Waals surface area contributed by atoms with E-state index in [9.17, 15) is 9.59 Å². The molecule has 0 atom stereocenters. The fourth-order valence-corrected chi connectivity index (χ4v) is 3.73. The van der Waals surface area contributed by atoms with Crippen molar-refractivity contribution in [1.82, 2.24) is 25.0 Å². The van der Waals surface area contributed by atoms with Gasteiger partial charge in [-0.15, -0.1) is 5.10 Å². The highest BCUT2D eigenvalue weighted by atomic mass is 16.5. The smallest absolute Gasteiger partial charge is 0.255 e. The van der Waals surface area contributed by atoms with Crippen molar-refractivity contribution < 1.29 is 14.3 Å². The highest BCUT2D eigenvalue weighted by molar-refractivity contribution is 5.95. The molecule has 10 nitrogen and oxygen atoms in total. The number of nitrogens with one attached hydrogen (secondary N) is 1. The lowest BCUT2D eigenvalue weighted by molar-refractivity contribution is 0.0723. The second kappa shape index (κ2) is 9.17. The van der Waals surface area contributed by atoms with Crippen molar-refractivity contribution in [3.8, 4) is 5.75 Å². The number of anilines is 2.